The van der Waals surface area contributed by atoms with Crippen LogP contribution in [0, 0.1) is 0 Å². The van der Waals surface area contributed by atoms with Crippen LogP contribution in [0.5, 0.6) is 5.75 Å². The lowest BCUT2D eigenvalue weighted by atomic mass is 9.96. The van der Waals surface area contributed by atoms with Crippen LogP contribution in [0.4, 0.5) is 0 Å². The minimum Gasteiger partial charge on any atom is -0.494 e. The second-order valence-corrected chi connectivity index (χ2v) is 11.1. The summed E-state index contributed by atoms with van der Waals surface area (Å²) in [5, 5.41) is 1.87. The molecule has 0 N–H and O–H groups in total. The molecule has 5 nitrogen and oxygen atoms in total. The van der Waals surface area contributed by atoms with E-state index in [9.17, 15) is 8.42 Å². The fourth-order valence-corrected chi connectivity index (χ4v) is 6.37. The van der Waals surface area contributed by atoms with Gasteiger partial charge in [0.25, 0.3) is 0 Å². The normalized spacial score (nSPS) is 15.4. The Morgan fingerprint density at radius 1 is 0.750 bits per heavy atom. The van der Waals surface area contributed by atoms with Gasteiger partial charge in [-0.25, -0.2) is 8.42 Å². The van der Waals surface area contributed by atoms with Crippen molar-refractivity contribution in [1.29, 1.82) is 0 Å². The van der Waals surface area contributed by atoms with Crippen molar-refractivity contribution in [3.8, 4) is 5.75 Å². The zero-order chi connectivity index (χ0) is 25.0. The van der Waals surface area contributed by atoms with Gasteiger partial charge < -0.3 is 4.74 Å². The Bertz CT molecular complexity index is 1360. The molecule has 0 radical (unpaired) electrons. The highest BCUT2D eigenvalue weighted by Crippen LogP contribution is 2.31. The van der Waals surface area contributed by atoms with Gasteiger partial charge in [-0.1, -0.05) is 79.7 Å². The van der Waals surface area contributed by atoms with Gasteiger partial charge in [0.2, 0.25) is 10.0 Å². The molecule has 1 saturated heterocycles. The molecule has 0 unspecified atom stereocenters. The number of piperazine rings is 1. The van der Waals surface area contributed by atoms with Crippen molar-refractivity contribution in [1.82, 2.24) is 9.21 Å². The van der Waals surface area contributed by atoms with Crippen LogP contribution >= 0.6 is 0 Å². The third-order valence-electron chi connectivity index (χ3n) is 6.76. The molecule has 186 valence electrons. The fraction of sp³-hybridized carbons (Fsp3) is 0.267. The van der Waals surface area contributed by atoms with E-state index in [-0.39, 0.29) is 6.04 Å². The minimum atomic E-state index is -3.58. The molecule has 4 aromatic carbocycles. The molecule has 0 amide bonds. The maximum atomic E-state index is 13.5. The number of rotatable bonds is 8. The smallest absolute Gasteiger partial charge is 0.243 e. The Morgan fingerprint density at radius 3 is 1.94 bits per heavy atom. The molecule has 0 aromatic heterocycles. The third-order valence-corrected chi connectivity index (χ3v) is 8.66. The van der Waals surface area contributed by atoms with E-state index < -0.39 is 10.0 Å². The van der Waals surface area contributed by atoms with Crippen molar-refractivity contribution in [2.45, 2.75) is 24.3 Å². The van der Waals surface area contributed by atoms with E-state index in [4.69, 9.17) is 4.74 Å². The number of hydrogen-bond acceptors (Lipinski definition) is 4. The van der Waals surface area contributed by atoms with Gasteiger partial charge in [0.1, 0.15) is 5.75 Å². The summed E-state index contributed by atoms with van der Waals surface area (Å²) in [4.78, 5) is 2.72. The maximum absolute atomic E-state index is 13.5. The average molecular weight is 501 g/mol. The summed E-state index contributed by atoms with van der Waals surface area (Å²) in [5.74, 6) is 0.808. The predicted octanol–water partition coefficient (Wildman–Crippen LogP) is 5.72. The van der Waals surface area contributed by atoms with E-state index in [0.29, 0.717) is 37.7 Å². The highest BCUT2D eigenvalue weighted by atomic mass is 32.2. The lowest BCUT2D eigenvalue weighted by Crippen LogP contribution is -2.49. The highest BCUT2D eigenvalue weighted by molar-refractivity contribution is 7.89. The Morgan fingerprint density at radius 2 is 1.33 bits per heavy atom. The number of hydrogen-bond donors (Lipinski definition) is 0. The van der Waals surface area contributed by atoms with Crippen molar-refractivity contribution in [3.63, 3.8) is 0 Å². The maximum Gasteiger partial charge on any atom is 0.243 e. The van der Waals surface area contributed by atoms with Gasteiger partial charge in [0.15, 0.2) is 0 Å². The van der Waals surface area contributed by atoms with Crippen molar-refractivity contribution >= 4 is 20.8 Å². The molecule has 0 spiro atoms. The molecule has 0 atom stereocenters. The second kappa shape index (κ2) is 10.8. The van der Waals surface area contributed by atoms with Gasteiger partial charge in [-0.3, -0.25) is 4.90 Å². The zero-order valence-electron chi connectivity index (χ0n) is 20.6. The van der Waals surface area contributed by atoms with Gasteiger partial charge in [-0.2, -0.15) is 4.31 Å². The van der Waals surface area contributed by atoms with Gasteiger partial charge in [0, 0.05) is 26.2 Å². The van der Waals surface area contributed by atoms with Gasteiger partial charge >= 0.3 is 0 Å². The van der Waals surface area contributed by atoms with Gasteiger partial charge in [-0.05, 0) is 52.6 Å². The molecule has 1 fully saturated rings. The van der Waals surface area contributed by atoms with E-state index in [2.05, 4.69) is 60.4 Å². The van der Waals surface area contributed by atoms with E-state index >= 15 is 0 Å². The van der Waals surface area contributed by atoms with Crippen molar-refractivity contribution < 1.29 is 13.2 Å². The summed E-state index contributed by atoms with van der Waals surface area (Å²) in [7, 11) is -3.58. The lowest BCUT2D eigenvalue weighted by Gasteiger charge is -2.39. The van der Waals surface area contributed by atoms with Crippen LogP contribution in [-0.2, 0) is 10.0 Å². The van der Waals surface area contributed by atoms with Gasteiger partial charge in [0.05, 0.1) is 17.5 Å². The molecular weight excluding hydrogens is 468 g/mol. The minimum absolute atomic E-state index is 0.0991. The highest BCUT2D eigenvalue weighted by Gasteiger charge is 2.32. The number of sulfonamides is 1. The molecular formula is C30H32N2O3S. The molecule has 4 aromatic rings. The first kappa shape index (κ1) is 24.5. The van der Waals surface area contributed by atoms with Crippen LogP contribution in [0.25, 0.3) is 10.8 Å². The van der Waals surface area contributed by atoms with Crippen molar-refractivity contribution in [2.24, 2.45) is 0 Å². The summed E-state index contributed by atoms with van der Waals surface area (Å²) in [6, 6.07) is 32.1. The zero-order valence-corrected chi connectivity index (χ0v) is 21.4. The number of ether oxygens (including phenoxy) is 1. The van der Waals surface area contributed by atoms with E-state index in [1.54, 1.807) is 16.4 Å². The molecule has 5 rings (SSSR count). The second-order valence-electron chi connectivity index (χ2n) is 9.18. The number of fused-ring (bicyclic) bond motifs is 1. The Hall–Kier alpha value is -3.19. The summed E-state index contributed by atoms with van der Waals surface area (Å²) in [6.45, 7) is 4.99. The largest absolute Gasteiger partial charge is 0.494 e. The first-order valence-electron chi connectivity index (χ1n) is 12.6. The third kappa shape index (κ3) is 5.16. The summed E-state index contributed by atoms with van der Waals surface area (Å²) in [6.07, 6.45) is 0.944. The standard InChI is InChI=1S/C30H32N2O3S/c1-2-21-35-28-15-13-27-23-29(16-14-26(27)22-28)36(33,34)32-19-17-31(18-20-32)30(24-9-5-3-6-10-24)25-11-7-4-8-12-25/h3-16,22-23,30H,2,17-21H2,1H3. The van der Waals surface area contributed by atoms with Crippen LogP contribution < -0.4 is 4.74 Å². The molecule has 0 saturated carbocycles. The number of nitrogens with zero attached hydrogens (tertiary/aromatic N) is 2. The molecule has 1 aliphatic heterocycles. The van der Waals surface area contributed by atoms with Gasteiger partial charge in [-0.15, -0.1) is 0 Å². The molecule has 1 heterocycles. The SMILES string of the molecule is CCCOc1ccc2cc(S(=O)(=O)N3CCN(C(c4ccccc4)c4ccccc4)CC3)ccc2c1. The summed E-state index contributed by atoms with van der Waals surface area (Å²) >= 11 is 0. The fourth-order valence-electron chi connectivity index (χ4n) is 4.91. The Kier molecular flexibility index (Phi) is 7.37. The molecule has 1 aliphatic rings. The van der Waals surface area contributed by atoms with E-state index in [0.717, 1.165) is 22.9 Å². The topological polar surface area (TPSA) is 49.9 Å². The number of benzene rings is 4. The predicted molar refractivity (Wildman–Crippen MR) is 145 cm³/mol. The van der Waals surface area contributed by atoms with E-state index in [1.165, 1.54) is 11.1 Å². The first-order valence-corrected chi connectivity index (χ1v) is 14.0. The molecule has 0 bridgehead atoms. The molecule has 6 heteroatoms. The summed E-state index contributed by atoms with van der Waals surface area (Å²) < 4.78 is 34.4. The Labute approximate surface area is 214 Å². The molecule has 0 aliphatic carbocycles. The first-order chi connectivity index (χ1) is 17.6. The van der Waals surface area contributed by atoms with Crippen LogP contribution in [0.1, 0.15) is 30.5 Å². The Balaban J connectivity index is 1.34. The van der Waals surface area contributed by atoms with Crippen molar-refractivity contribution in [2.75, 3.05) is 32.8 Å². The van der Waals surface area contributed by atoms with Crippen LogP contribution in [0.3, 0.4) is 0 Å². The van der Waals surface area contributed by atoms with Crippen molar-refractivity contribution in [3.05, 3.63) is 108 Å². The van der Waals surface area contributed by atoms with Crippen LogP contribution in [-0.4, -0.2) is 50.4 Å². The average Bonchev–Trinajstić information content (AvgIpc) is 2.93. The quantitative estimate of drug-likeness (QED) is 0.310. The lowest BCUT2D eigenvalue weighted by molar-refractivity contribution is 0.156. The van der Waals surface area contributed by atoms with Crippen LogP contribution in [0.15, 0.2) is 102 Å². The monoisotopic (exact) mass is 500 g/mol. The van der Waals surface area contributed by atoms with E-state index in [1.807, 2.05) is 36.4 Å². The summed E-state index contributed by atoms with van der Waals surface area (Å²) in [5.41, 5.74) is 2.44. The van der Waals surface area contributed by atoms with Crippen LogP contribution in [0.2, 0.25) is 0 Å². The molecule has 36 heavy (non-hydrogen) atoms.